The van der Waals surface area contributed by atoms with Crippen molar-refractivity contribution in [1.82, 2.24) is 4.31 Å². The Balaban J connectivity index is 2.02. The van der Waals surface area contributed by atoms with Crippen LogP contribution in [0.3, 0.4) is 0 Å². The van der Waals surface area contributed by atoms with Gasteiger partial charge in [-0.2, -0.15) is 0 Å². The fourth-order valence-corrected chi connectivity index (χ4v) is 5.55. The predicted octanol–water partition coefficient (Wildman–Crippen LogP) is 1.71. The Morgan fingerprint density at radius 2 is 1.54 bits per heavy atom. The van der Waals surface area contributed by atoms with Crippen molar-refractivity contribution in [2.45, 2.75) is 16.2 Å². The van der Waals surface area contributed by atoms with Gasteiger partial charge in [0, 0.05) is 26.7 Å². The Hall–Kier alpha value is -2.30. The lowest BCUT2D eigenvalue weighted by Crippen LogP contribution is -2.29. The number of methoxy groups -OCH3 is 2. The van der Waals surface area contributed by atoms with Crippen LogP contribution >= 0.6 is 0 Å². The highest BCUT2D eigenvalue weighted by molar-refractivity contribution is 7.92. The van der Waals surface area contributed by atoms with Gasteiger partial charge in [-0.25, -0.2) is 21.1 Å². The van der Waals surface area contributed by atoms with Gasteiger partial charge in [-0.05, 0) is 42.3 Å². The average Bonchev–Trinajstić information content (AvgIpc) is 3.11. The summed E-state index contributed by atoms with van der Waals surface area (Å²) in [5, 5.41) is 0. The highest BCUT2D eigenvalue weighted by Crippen LogP contribution is 2.37. The highest BCUT2D eigenvalue weighted by atomic mass is 32.2. The molecule has 1 heterocycles. The summed E-state index contributed by atoms with van der Waals surface area (Å²) in [5.74, 6) is 0.747. The molecule has 0 saturated carbocycles. The van der Waals surface area contributed by atoms with Crippen molar-refractivity contribution in [1.29, 1.82) is 0 Å². The van der Waals surface area contributed by atoms with Crippen molar-refractivity contribution in [3.63, 3.8) is 0 Å². The van der Waals surface area contributed by atoms with Crippen molar-refractivity contribution in [2.24, 2.45) is 0 Å². The Morgan fingerprint density at radius 3 is 2.14 bits per heavy atom. The number of hydrogen-bond acceptors (Lipinski definition) is 6. The van der Waals surface area contributed by atoms with E-state index in [1.165, 1.54) is 69.0 Å². The standard InChI is InChI=1S/C18H22N2O6S2/c1-19(2)27(21,22)14-5-7-16-13(11-14)9-10-20(16)28(23,24)15-6-8-17(25-3)18(12-15)26-4/h5-8,11-12H,9-10H2,1-4H3. The molecule has 1 aliphatic rings. The van der Waals surface area contributed by atoms with E-state index in [-0.39, 0.29) is 16.3 Å². The van der Waals surface area contributed by atoms with Crippen molar-refractivity contribution in [3.8, 4) is 11.5 Å². The van der Waals surface area contributed by atoms with Crippen LogP contribution in [0.1, 0.15) is 5.56 Å². The largest absolute Gasteiger partial charge is 0.493 e. The Labute approximate surface area is 165 Å². The number of rotatable bonds is 6. The zero-order valence-electron chi connectivity index (χ0n) is 16.0. The van der Waals surface area contributed by atoms with Crippen LogP contribution in [-0.4, -0.2) is 56.0 Å². The van der Waals surface area contributed by atoms with E-state index >= 15 is 0 Å². The van der Waals surface area contributed by atoms with Gasteiger partial charge in [0.1, 0.15) is 0 Å². The monoisotopic (exact) mass is 426 g/mol. The van der Waals surface area contributed by atoms with Crippen LogP contribution in [0.2, 0.25) is 0 Å². The fourth-order valence-electron chi connectivity index (χ4n) is 3.07. The maximum Gasteiger partial charge on any atom is 0.264 e. The number of fused-ring (bicyclic) bond motifs is 1. The van der Waals surface area contributed by atoms with Gasteiger partial charge < -0.3 is 9.47 Å². The van der Waals surface area contributed by atoms with Crippen LogP contribution < -0.4 is 13.8 Å². The topological polar surface area (TPSA) is 93.2 Å². The Kier molecular flexibility index (Phi) is 5.30. The Bertz CT molecular complexity index is 1110. The second kappa shape index (κ2) is 7.26. The van der Waals surface area contributed by atoms with Gasteiger partial charge in [-0.15, -0.1) is 0 Å². The third kappa shape index (κ3) is 3.31. The zero-order chi connectivity index (χ0) is 20.7. The van der Waals surface area contributed by atoms with Crippen LogP contribution in [-0.2, 0) is 26.5 Å². The van der Waals surface area contributed by atoms with Gasteiger partial charge in [0.15, 0.2) is 11.5 Å². The minimum absolute atomic E-state index is 0.0722. The van der Waals surface area contributed by atoms with Crippen LogP contribution in [0, 0.1) is 0 Å². The van der Waals surface area contributed by atoms with Gasteiger partial charge >= 0.3 is 0 Å². The minimum atomic E-state index is -3.84. The van der Waals surface area contributed by atoms with E-state index in [2.05, 4.69) is 0 Å². The van der Waals surface area contributed by atoms with Crippen molar-refractivity contribution in [3.05, 3.63) is 42.0 Å². The molecule has 0 fully saturated rings. The quantitative estimate of drug-likeness (QED) is 0.698. The van der Waals surface area contributed by atoms with Crippen LogP contribution in [0.25, 0.3) is 0 Å². The summed E-state index contributed by atoms with van der Waals surface area (Å²) < 4.78 is 63.7. The van der Waals surface area contributed by atoms with E-state index in [0.717, 1.165) is 4.31 Å². The highest BCUT2D eigenvalue weighted by Gasteiger charge is 2.32. The number of hydrogen-bond donors (Lipinski definition) is 0. The van der Waals surface area contributed by atoms with Crippen molar-refractivity contribution >= 4 is 25.7 Å². The lowest BCUT2D eigenvalue weighted by atomic mass is 10.2. The summed E-state index contributed by atoms with van der Waals surface area (Å²) in [6.07, 6.45) is 0.429. The predicted molar refractivity (Wildman–Crippen MR) is 105 cm³/mol. The Morgan fingerprint density at radius 1 is 0.893 bits per heavy atom. The lowest BCUT2D eigenvalue weighted by Gasteiger charge is -2.21. The van der Waals surface area contributed by atoms with E-state index in [9.17, 15) is 16.8 Å². The molecule has 0 aromatic heterocycles. The molecule has 0 aliphatic carbocycles. The van der Waals surface area contributed by atoms with Gasteiger partial charge in [-0.1, -0.05) is 0 Å². The average molecular weight is 427 g/mol. The molecule has 0 radical (unpaired) electrons. The van der Waals surface area contributed by atoms with E-state index < -0.39 is 20.0 Å². The molecular formula is C18H22N2O6S2. The van der Waals surface area contributed by atoms with E-state index in [0.29, 0.717) is 29.2 Å². The molecule has 0 saturated heterocycles. The smallest absolute Gasteiger partial charge is 0.264 e. The molecule has 1 aliphatic heterocycles. The molecular weight excluding hydrogens is 404 g/mol. The molecule has 2 aromatic rings. The number of nitrogens with zero attached hydrogens (tertiary/aromatic N) is 2. The number of anilines is 1. The molecule has 0 atom stereocenters. The van der Waals surface area contributed by atoms with Gasteiger partial charge in [-0.3, -0.25) is 4.31 Å². The first kappa shape index (κ1) is 20.4. The molecule has 0 amide bonds. The molecule has 8 nitrogen and oxygen atoms in total. The number of ether oxygens (including phenoxy) is 2. The van der Waals surface area contributed by atoms with Crippen LogP contribution in [0.5, 0.6) is 11.5 Å². The molecule has 0 unspecified atom stereocenters. The van der Waals surface area contributed by atoms with Gasteiger partial charge in [0.05, 0.1) is 29.7 Å². The SMILES string of the molecule is COc1ccc(S(=O)(=O)N2CCc3cc(S(=O)(=O)N(C)C)ccc32)cc1OC. The maximum absolute atomic E-state index is 13.2. The molecule has 2 aromatic carbocycles. The summed E-state index contributed by atoms with van der Waals surface area (Å²) in [6.45, 7) is 0.234. The van der Waals surface area contributed by atoms with Crippen LogP contribution in [0.15, 0.2) is 46.2 Å². The fraction of sp³-hybridized carbons (Fsp3) is 0.333. The van der Waals surface area contributed by atoms with E-state index in [1.807, 2.05) is 0 Å². The lowest BCUT2D eigenvalue weighted by molar-refractivity contribution is 0.354. The van der Waals surface area contributed by atoms with Gasteiger partial charge in [0.25, 0.3) is 10.0 Å². The molecule has 10 heteroatoms. The maximum atomic E-state index is 13.2. The zero-order valence-corrected chi connectivity index (χ0v) is 17.7. The molecule has 0 bridgehead atoms. The molecule has 28 heavy (non-hydrogen) atoms. The first-order valence-electron chi connectivity index (χ1n) is 8.43. The first-order chi connectivity index (χ1) is 13.1. The molecule has 0 N–H and O–H groups in total. The summed E-state index contributed by atoms with van der Waals surface area (Å²) in [4.78, 5) is 0.213. The molecule has 152 valence electrons. The second-order valence-corrected chi connectivity index (χ2v) is 10.4. The second-order valence-electron chi connectivity index (χ2n) is 6.42. The summed E-state index contributed by atoms with van der Waals surface area (Å²) in [7, 11) is -1.60. The van der Waals surface area contributed by atoms with Gasteiger partial charge in [0.2, 0.25) is 10.0 Å². The summed E-state index contributed by atoms with van der Waals surface area (Å²) in [5.41, 5.74) is 1.15. The summed E-state index contributed by atoms with van der Waals surface area (Å²) in [6, 6.07) is 8.91. The van der Waals surface area contributed by atoms with Crippen LogP contribution in [0.4, 0.5) is 5.69 Å². The van der Waals surface area contributed by atoms with Crippen molar-refractivity contribution < 1.29 is 26.3 Å². The summed E-state index contributed by atoms with van der Waals surface area (Å²) >= 11 is 0. The van der Waals surface area contributed by atoms with E-state index in [1.54, 1.807) is 0 Å². The van der Waals surface area contributed by atoms with E-state index in [4.69, 9.17) is 9.47 Å². The number of sulfonamides is 2. The molecule has 0 spiro atoms. The third-order valence-electron chi connectivity index (χ3n) is 4.63. The van der Waals surface area contributed by atoms with Crippen molar-refractivity contribution in [2.75, 3.05) is 39.2 Å². The number of benzene rings is 2. The molecule has 3 rings (SSSR count). The normalized spacial score (nSPS) is 14.2. The third-order valence-corrected chi connectivity index (χ3v) is 8.25. The minimum Gasteiger partial charge on any atom is -0.493 e. The first-order valence-corrected chi connectivity index (χ1v) is 11.3.